The Morgan fingerprint density at radius 1 is 0.886 bits per heavy atom. The van der Waals surface area contributed by atoms with Crippen molar-refractivity contribution in [3.8, 4) is 6.07 Å². The summed E-state index contributed by atoms with van der Waals surface area (Å²) in [6.07, 6.45) is 0.00602. The topological polar surface area (TPSA) is 120 Å². The normalized spacial score (nSPS) is 27.1. The van der Waals surface area contributed by atoms with Gasteiger partial charge in [0, 0.05) is 24.5 Å². The minimum absolute atomic E-state index is 0.00642. The lowest BCUT2D eigenvalue weighted by atomic mass is 9.45. The molecule has 5 atom stereocenters. The molecule has 0 spiro atoms. The number of methoxy groups -OCH3 is 1. The fourth-order valence-electron chi connectivity index (χ4n) is 7.94. The zero-order valence-electron chi connectivity index (χ0n) is 25.4. The number of hydrogen-bond acceptors (Lipinski definition) is 6. The first kappa shape index (κ1) is 33.2. The monoisotopic (exact) mass is 618 g/mol. The molecule has 3 aromatic rings. The zero-order chi connectivity index (χ0) is 32.1. The number of carboxylic acids is 2. The largest absolute Gasteiger partial charge is 0.481 e. The molecule has 44 heavy (non-hydrogen) atoms. The molecule has 3 aromatic carbocycles. The molecular weight excluding hydrogens is 580 g/mol. The van der Waals surface area contributed by atoms with E-state index in [1.54, 1.807) is 38.1 Å². The average Bonchev–Trinajstić information content (AvgIpc) is 3.02. The van der Waals surface area contributed by atoms with Crippen molar-refractivity contribution in [2.75, 3.05) is 14.2 Å². The van der Waals surface area contributed by atoms with Crippen molar-refractivity contribution in [2.24, 2.45) is 10.8 Å². The Hall–Kier alpha value is -3.74. The van der Waals surface area contributed by atoms with Crippen molar-refractivity contribution in [2.45, 2.75) is 63.1 Å². The van der Waals surface area contributed by atoms with E-state index in [1.807, 2.05) is 60.7 Å². The van der Waals surface area contributed by atoms with Crippen LogP contribution in [0.4, 0.5) is 0 Å². The third-order valence-electron chi connectivity index (χ3n) is 9.82. The summed E-state index contributed by atoms with van der Waals surface area (Å²) in [6, 6.07) is 26.5. The van der Waals surface area contributed by atoms with Crippen LogP contribution in [0, 0.1) is 22.2 Å². The second-order valence-electron chi connectivity index (χ2n) is 11.4. The van der Waals surface area contributed by atoms with Crippen molar-refractivity contribution in [1.82, 2.24) is 5.06 Å². The van der Waals surface area contributed by atoms with E-state index < -0.39 is 40.5 Å². The van der Waals surface area contributed by atoms with Gasteiger partial charge in [-0.25, -0.2) is 0 Å². The number of carbonyl (C=O) groups is 2. The average molecular weight is 619 g/mol. The van der Waals surface area contributed by atoms with Gasteiger partial charge in [-0.05, 0) is 61.9 Å². The van der Waals surface area contributed by atoms with Gasteiger partial charge in [-0.15, -0.1) is 0 Å². The predicted octanol–water partition coefficient (Wildman–Crippen LogP) is 6.89. The van der Waals surface area contributed by atoms with Crippen molar-refractivity contribution in [3.05, 3.63) is 107 Å². The summed E-state index contributed by atoms with van der Waals surface area (Å²) in [6.45, 7) is 3.43. The molecule has 1 fully saturated rings. The Kier molecular flexibility index (Phi) is 10.2. The maximum Gasteiger partial charge on any atom is 0.314 e. The van der Waals surface area contributed by atoms with Crippen molar-refractivity contribution >= 4 is 23.5 Å². The maximum absolute atomic E-state index is 14.1. The molecule has 1 aliphatic rings. The van der Waals surface area contributed by atoms with E-state index in [4.69, 9.17) is 21.2 Å². The molecule has 1 saturated heterocycles. The number of hydrogen-bond donors (Lipinski definition) is 2. The summed E-state index contributed by atoms with van der Waals surface area (Å²) in [5.74, 6) is -2.73. The third-order valence-corrected chi connectivity index (χ3v) is 10.1. The van der Waals surface area contributed by atoms with E-state index in [9.17, 15) is 25.1 Å². The molecule has 9 heteroatoms. The quantitative estimate of drug-likeness (QED) is 0.225. The molecule has 0 amide bonds. The highest BCUT2D eigenvalue weighted by Crippen LogP contribution is 2.66. The second-order valence-corrected chi connectivity index (χ2v) is 11.9. The first-order valence-electron chi connectivity index (χ1n) is 14.7. The summed E-state index contributed by atoms with van der Waals surface area (Å²) in [7, 11) is 2.77. The minimum Gasteiger partial charge on any atom is -0.481 e. The Balaban J connectivity index is 2.08. The van der Waals surface area contributed by atoms with Gasteiger partial charge in [-0.3, -0.25) is 9.59 Å². The molecule has 1 heterocycles. The summed E-state index contributed by atoms with van der Waals surface area (Å²) >= 11 is 6.51. The molecule has 1 aliphatic heterocycles. The number of aliphatic carboxylic acids is 2. The Labute approximate surface area is 263 Å². The van der Waals surface area contributed by atoms with E-state index in [1.165, 1.54) is 19.3 Å². The van der Waals surface area contributed by atoms with Crippen LogP contribution < -0.4 is 0 Å². The number of nitrogens with zero attached hydrogens (tertiary/aromatic N) is 2. The number of carboxylic acid groups (broad SMARTS) is 2. The van der Waals surface area contributed by atoms with E-state index in [0.717, 1.165) is 11.1 Å². The summed E-state index contributed by atoms with van der Waals surface area (Å²) < 4.78 is 6.44. The van der Waals surface area contributed by atoms with Gasteiger partial charge in [0.15, 0.2) is 0 Å². The van der Waals surface area contributed by atoms with Crippen LogP contribution in [0.25, 0.3) is 0 Å². The number of ether oxygens (including phenoxy) is 1. The molecule has 0 bridgehead atoms. The molecule has 0 aliphatic carbocycles. The summed E-state index contributed by atoms with van der Waals surface area (Å²) in [5, 5.41) is 34.2. The van der Waals surface area contributed by atoms with Gasteiger partial charge in [0.2, 0.25) is 0 Å². The molecule has 5 unspecified atom stereocenters. The molecule has 0 radical (unpaired) electrons. The van der Waals surface area contributed by atoms with Crippen LogP contribution in [-0.2, 0) is 24.8 Å². The minimum atomic E-state index is -1.98. The van der Waals surface area contributed by atoms with Gasteiger partial charge in [-0.1, -0.05) is 84.4 Å². The first-order chi connectivity index (χ1) is 21.1. The second kappa shape index (κ2) is 13.5. The van der Waals surface area contributed by atoms with Crippen LogP contribution in [-0.4, -0.2) is 53.5 Å². The van der Waals surface area contributed by atoms with Crippen molar-refractivity contribution in [3.63, 3.8) is 0 Å². The smallest absolute Gasteiger partial charge is 0.314 e. The van der Waals surface area contributed by atoms with E-state index in [0.29, 0.717) is 17.0 Å². The van der Waals surface area contributed by atoms with E-state index in [2.05, 4.69) is 6.07 Å². The van der Waals surface area contributed by atoms with Gasteiger partial charge < -0.3 is 19.8 Å². The fraction of sp³-hybridized carbons (Fsp3) is 0.400. The summed E-state index contributed by atoms with van der Waals surface area (Å²) in [5.41, 5.74) is -3.51. The SMILES string of the molecule is CON1C(C)C(CCC#N)(C(=O)O)C(OC)(c2cccc(Cl)c2)C(CCC(c2ccccc2)c2ccccc2)(C(=O)O)C1C. The van der Waals surface area contributed by atoms with Gasteiger partial charge in [-0.2, -0.15) is 10.3 Å². The van der Waals surface area contributed by atoms with Crippen LogP contribution in [0.5, 0.6) is 0 Å². The lowest BCUT2D eigenvalue weighted by Crippen LogP contribution is -2.79. The Bertz CT molecular complexity index is 1460. The molecule has 2 N–H and O–H groups in total. The number of rotatable bonds is 12. The van der Waals surface area contributed by atoms with Crippen LogP contribution in [0.2, 0.25) is 5.02 Å². The molecule has 0 saturated carbocycles. The van der Waals surface area contributed by atoms with Crippen molar-refractivity contribution in [1.29, 1.82) is 5.26 Å². The van der Waals surface area contributed by atoms with Gasteiger partial charge >= 0.3 is 11.9 Å². The third kappa shape index (κ3) is 5.08. The number of hydroxylamine groups is 2. The standard InChI is InChI=1S/C35H39ClN2O6/c1-24-33(31(39)40,20-12-22-37)35(43-3,28-17-11-18-29(36)23-28)34(32(41)42,25(2)38(24)44-4)21-19-30(26-13-7-5-8-14-26)27-15-9-6-10-16-27/h5-11,13-18,23-25,30H,12,19-21H2,1-4H3,(H,39,40)(H,41,42). The molecule has 232 valence electrons. The Morgan fingerprint density at radius 3 is 1.84 bits per heavy atom. The first-order valence-corrected chi connectivity index (χ1v) is 15.0. The number of benzene rings is 3. The number of halogens is 1. The van der Waals surface area contributed by atoms with Gasteiger partial charge in [0.1, 0.15) is 16.4 Å². The van der Waals surface area contributed by atoms with Gasteiger partial charge in [0.05, 0.1) is 25.3 Å². The van der Waals surface area contributed by atoms with Crippen LogP contribution in [0.3, 0.4) is 0 Å². The van der Waals surface area contributed by atoms with Crippen LogP contribution >= 0.6 is 11.6 Å². The van der Waals surface area contributed by atoms with E-state index in [-0.39, 0.29) is 25.2 Å². The fourth-order valence-corrected chi connectivity index (χ4v) is 8.13. The maximum atomic E-state index is 14.1. The van der Waals surface area contributed by atoms with E-state index >= 15 is 0 Å². The number of nitriles is 1. The van der Waals surface area contributed by atoms with Gasteiger partial charge in [0.25, 0.3) is 0 Å². The molecule has 0 aromatic heterocycles. The highest BCUT2D eigenvalue weighted by Gasteiger charge is 2.78. The lowest BCUT2D eigenvalue weighted by molar-refractivity contribution is -0.339. The number of piperidine rings is 1. The lowest BCUT2D eigenvalue weighted by Gasteiger charge is -2.66. The molecular formula is C35H39ClN2O6. The Morgan fingerprint density at radius 2 is 1.41 bits per heavy atom. The predicted molar refractivity (Wildman–Crippen MR) is 167 cm³/mol. The molecule has 8 nitrogen and oxygen atoms in total. The van der Waals surface area contributed by atoms with Crippen LogP contribution in [0.1, 0.15) is 62.1 Å². The zero-order valence-corrected chi connectivity index (χ0v) is 26.2. The van der Waals surface area contributed by atoms with Crippen LogP contribution in [0.15, 0.2) is 84.9 Å². The molecule has 4 rings (SSSR count). The van der Waals surface area contributed by atoms with Crippen molar-refractivity contribution < 1.29 is 29.4 Å². The highest BCUT2D eigenvalue weighted by atomic mass is 35.5. The highest BCUT2D eigenvalue weighted by molar-refractivity contribution is 6.30. The summed E-state index contributed by atoms with van der Waals surface area (Å²) in [4.78, 5) is 33.7.